The number of hydrogen-bond acceptors (Lipinski definition) is 6. The molecule has 2 heterocycles. The summed E-state index contributed by atoms with van der Waals surface area (Å²) >= 11 is 0. The SMILES string of the molecule is CNC(=O)C(CCC=O)N1Cc2c(CCCCCN3CCN(c4ccccc4OC)CC3)cccc2C1=O. The highest BCUT2D eigenvalue weighted by Gasteiger charge is 2.36. The first-order valence-electron chi connectivity index (χ1n) is 13.7. The van der Waals surface area contributed by atoms with E-state index in [1.165, 1.54) is 11.3 Å². The van der Waals surface area contributed by atoms with Crippen LogP contribution >= 0.6 is 0 Å². The van der Waals surface area contributed by atoms with Crippen LogP contribution in [0, 0.1) is 0 Å². The predicted molar refractivity (Wildman–Crippen MR) is 149 cm³/mol. The van der Waals surface area contributed by atoms with Gasteiger partial charge in [0.1, 0.15) is 18.1 Å². The third-order valence-corrected chi connectivity index (χ3v) is 7.79. The van der Waals surface area contributed by atoms with Gasteiger partial charge in [-0.3, -0.25) is 14.5 Å². The normalized spacial score (nSPS) is 16.3. The van der Waals surface area contributed by atoms with E-state index < -0.39 is 6.04 Å². The van der Waals surface area contributed by atoms with Gasteiger partial charge in [-0.1, -0.05) is 30.7 Å². The number of fused-ring (bicyclic) bond motifs is 1. The minimum Gasteiger partial charge on any atom is -0.495 e. The van der Waals surface area contributed by atoms with Crippen LogP contribution in [0.5, 0.6) is 5.75 Å². The monoisotopic (exact) mass is 520 g/mol. The van der Waals surface area contributed by atoms with E-state index in [2.05, 4.69) is 33.3 Å². The number of benzene rings is 2. The van der Waals surface area contributed by atoms with E-state index in [1.54, 1.807) is 19.1 Å². The lowest BCUT2D eigenvalue weighted by atomic mass is 9.98. The molecule has 8 heteroatoms. The number of unbranched alkanes of at least 4 members (excludes halogenated alkanes) is 2. The number of carbonyl (C=O) groups excluding carboxylic acids is 3. The number of carbonyl (C=O) groups is 3. The van der Waals surface area contributed by atoms with Gasteiger partial charge in [-0.15, -0.1) is 0 Å². The van der Waals surface area contributed by atoms with Crippen molar-refractivity contribution in [1.29, 1.82) is 0 Å². The summed E-state index contributed by atoms with van der Waals surface area (Å²) in [5.74, 6) is 0.593. The van der Waals surface area contributed by atoms with Gasteiger partial charge in [0.25, 0.3) is 5.91 Å². The van der Waals surface area contributed by atoms with Crippen LogP contribution in [0.2, 0.25) is 0 Å². The number of likely N-dealkylation sites (N-methyl/N-ethyl adjacent to an activating group) is 1. The minimum atomic E-state index is -0.624. The maximum absolute atomic E-state index is 13.1. The van der Waals surface area contributed by atoms with Crippen molar-refractivity contribution in [2.75, 3.05) is 51.8 Å². The summed E-state index contributed by atoms with van der Waals surface area (Å²) in [7, 11) is 3.29. The number of anilines is 1. The average Bonchev–Trinajstić information content (AvgIpc) is 3.29. The molecule has 1 saturated heterocycles. The van der Waals surface area contributed by atoms with E-state index in [1.807, 2.05) is 24.3 Å². The number of aryl methyl sites for hydroxylation is 1. The van der Waals surface area contributed by atoms with Crippen LogP contribution in [-0.4, -0.2) is 80.8 Å². The molecule has 0 radical (unpaired) electrons. The largest absolute Gasteiger partial charge is 0.495 e. The number of amides is 2. The van der Waals surface area contributed by atoms with Crippen molar-refractivity contribution in [2.45, 2.75) is 51.1 Å². The van der Waals surface area contributed by atoms with Crippen molar-refractivity contribution < 1.29 is 19.1 Å². The van der Waals surface area contributed by atoms with Crippen molar-refractivity contribution in [2.24, 2.45) is 0 Å². The van der Waals surface area contributed by atoms with Gasteiger partial charge in [0.15, 0.2) is 0 Å². The van der Waals surface area contributed by atoms with Crippen LogP contribution in [0.1, 0.15) is 53.6 Å². The number of nitrogens with one attached hydrogen (secondary N) is 1. The number of rotatable bonds is 13. The molecule has 38 heavy (non-hydrogen) atoms. The van der Waals surface area contributed by atoms with E-state index in [9.17, 15) is 14.4 Å². The van der Waals surface area contributed by atoms with E-state index >= 15 is 0 Å². The van der Waals surface area contributed by atoms with E-state index in [0.717, 1.165) is 76.0 Å². The maximum Gasteiger partial charge on any atom is 0.255 e. The molecule has 0 saturated carbocycles. The average molecular weight is 521 g/mol. The molecule has 1 N–H and O–H groups in total. The Morgan fingerprint density at radius 2 is 1.84 bits per heavy atom. The fraction of sp³-hybridized carbons (Fsp3) is 0.500. The smallest absolute Gasteiger partial charge is 0.255 e. The molecule has 1 fully saturated rings. The summed E-state index contributed by atoms with van der Waals surface area (Å²) in [4.78, 5) is 43.1. The molecule has 2 aliphatic heterocycles. The molecule has 2 aromatic rings. The zero-order valence-corrected chi connectivity index (χ0v) is 22.7. The Morgan fingerprint density at radius 3 is 2.58 bits per heavy atom. The van der Waals surface area contributed by atoms with Crippen LogP contribution in [0.25, 0.3) is 0 Å². The molecule has 4 rings (SSSR count). The number of hydrogen-bond donors (Lipinski definition) is 1. The zero-order chi connectivity index (χ0) is 26.9. The quantitative estimate of drug-likeness (QED) is 0.323. The summed E-state index contributed by atoms with van der Waals surface area (Å²) in [5.41, 5.74) is 4.09. The highest BCUT2D eigenvalue weighted by Crippen LogP contribution is 2.30. The molecule has 0 spiro atoms. The lowest BCUT2D eigenvalue weighted by Gasteiger charge is -2.36. The predicted octanol–water partition coefficient (Wildman–Crippen LogP) is 3.28. The molecule has 204 valence electrons. The van der Waals surface area contributed by atoms with Crippen molar-refractivity contribution in [1.82, 2.24) is 15.1 Å². The number of ether oxygens (including phenoxy) is 1. The zero-order valence-electron chi connectivity index (χ0n) is 22.7. The molecule has 8 nitrogen and oxygen atoms in total. The van der Waals surface area contributed by atoms with Crippen LogP contribution in [0.15, 0.2) is 42.5 Å². The van der Waals surface area contributed by atoms with Crippen LogP contribution in [0.3, 0.4) is 0 Å². The molecule has 2 amide bonds. The molecular weight excluding hydrogens is 480 g/mol. The second-order valence-corrected chi connectivity index (χ2v) is 10.1. The topological polar surface area (TPSA) is 82.2 Å². The lowest BCUT2D eigenvalue weighted by Crippen LogP contribution is -2.46. The van der Waals surface area contributed by atoms with Gasteiger partial charge in [-0.2, -0.15) is 0 Å². The van der Waals surface area contributed by atoms with Crippen LogP contribution in [-0.2, 0) is 22.6 Å². The number of para-hydroxylation sites is 2. The molecule has 2 aromatic carbocycles. The van der Waals surface area contributed by atoms with E-state index in [-0.39, 0.29) is 18.2 Å². The van der Waals surface area contributed by atoms with Gasteiger partial charge < -0.3 is 24.6 Å². The first-order valence-corrected chi connectivity index (χ1v) is 13.7. The third-order valence-electron chi connectivity index (χ3n) is 7.79. The van der Waals surface area contributed by atoms with Crippen LogP contribution < -0.4 is 15.0 Å². The third kappa shape index (κ3) is 6.35. The van der Waals surface area contributed by atoms with E-state index in [4.69, 9.17) is 4.74 Å². The van der Waals surface area contributed by atoms with Gasteiger partial charge in [0, 0.05) is 51.8 Å². The van der Waals surface area contributed by atoms with Crippen molar-refractivity contribution in [3.63, 3.8) is 0 Å². The Bertz CT molecular complexity index is 1110. The summed E-state index contributed by atoms with van der Waals surface area (Å²) in [5, 5.41) is 2.64. The number of nitrogens with zero attached hydrogens (tertiary/aromatic N) is 3. The van der Waals surface area contributed by atoms with Gasteiger partial charge in [0.05, 0.1) is 12.8 Å². The highest BCUT2D eigenvalue weighted by molar-refractivity contribution is 6.01. The summed E-state index contributed by atoms with van der Waals surface area (Å²) in [6.45, 7) is 5.65. The Kier molecular flexibility index (Phi) is 9.76. The second-order valence-electron chi connectivity index (χ2n) is 10.1. The molecule has 0 bridgehead atoms. The standard InChI is InChI=1S/C30H40N4O4/c1-31-29(36)27(14-9-21-35)34-22-25-23(11-8-12-24(25)30(34)37)10-4-3-7-16-32-17-19-33(20-18-32)26-13-5-6-15-28(26)38-2/h5-6,8,11-13,15,21,27H,3-4,7,9-10,14,16-20,22H2,1-2H3,(H,31,36). The Labute approximate surface area is 225 Å². The highest BCUT2D eigenvalue weighted by atomic mass is 16.5. The molecule has 1 unspecified atom stereocenters. The fourth-order valence-corrected chi connectivity index (χ4v) is 5.66. The minimum absolute atomic E-state index is 0.117. The fourth-order valence-electron chi connectivity index (χ4n) is 5.66. The number of methoxy groups -OCH3 is 1. The number of aldehydes is 1. The van der Waals surface area contributed by atoms with Gasteiger partial charge >= 0.3 is 0 Å². The summed E-state index contributed by atoms with van der Waals surface area (Å²) in [6.07, 6.45) is 5.66. The van der Waals surface area contributed by atoms with Crippen molar-refractivity contribution >= 4 is 23.8 Å². The Hall–Kier alpha value is -3.39. The van der Waals surface area contributed by atoms with Gasteiger partial charge in [-0.05, 0) is 61.6 Å². The van der Waals surface area contributed by atoms with Crippen molar-refractivity contribution in [3.05, 3.63) is 59.2 Å². The molecule has 1 atom stereocenters. The summed E-state index contributed by atoms with van der Waals surface area (Å²) in [6, 6.07) is 13.5. The molecular formula is C30H40N4O4. The molecule has 0 aromatic heterocycles. The Morgan fingerprint density at radius 1 is 1.05 bits per heavy atom. The maximum atomic E-state index is 13.1. The first kappa shape index (κ1) is 27.6. The number of piperazine rings is 1. The molecule has 2 aliphatic rings. The van der Waals surface area contributed by atoms with E-state index in [0.29, 0.717) is 18.5 Å². The Balaban J connectivity index is 1.24. The lowest BCUT2D eigenvalue weighted by molar-refractivity contribution is -0.125. The molecule has 0 aliphatic carbocycles. The van der Waals surface area contributed by atoms with Crippen LogP contribution in [0.4, 0.5) is 5.69 Å². The van der Waals surface area contributed by atoms with Gasteiger partial charge in [-0.25, -0.2) is 0 Å². The van der Waals surface area contributed by atoms with Crippen molar-refractivity contribution in [3.8, 4) is 5.75 Å². The summed E-state index contributed by atoms with van der Waals surface area (Å²) < 4.78 is 5.53. The first-order chi connectivity index (χ1) is 18.6. The second kappa shape index (κ2) is 13.4. The van der Waals surface area contributed by atoms with Gasteiger partial charge in [0.2, 0.25) is 5.91 Å².